The predicted molar refractivity (Wildman–Crippen MR) is 90.9 cm³/mol. The molecule has 4 heteroatoms. The van der Waals surface area contributed by atoms with E-state index in [1.165, 1.54) is 0 Å². The Kier molecular flexibility index (Phi) is 6.10. The van der Waals surface area contributed by atoms with E-state index >= 15 is 0 Å². The third-order valence-electron chi connectivity index (χ3n) is 3.12. The molecule has 0 aliphatic rings. The molecular formula is C18H22ClNO2. The molecular weight excluding hydrogens is 298 g/mol. The van der Waals surface area contributed by atoms with Crippen molar-refractivity contribution in [3.63, 3.8) is 0 Å². The highest BCUT2D eigenvalue weighted by atomic mass is 35.5. The van der Waals surface area contributed by atoms with Gasteiger partial charge in [-0.3, -0.25) is 0 Å². The quantitative estimate of drug-likeness (QED) is 0.790. The minimum atomic E-state index is 0.0172. The molecule has 118 valence electrons. The molecule has 0 fully saturated rings. The van der Waals surface area contributed by atoms with Gasteiger partial charge < -0.3 is 15.2 Å². The van der Waals surface area contributed by atoms with Crippen LogP contribution in [-0.2, 0) is 0 Å². The van der Waals surface area contributed by atoms with Gasteiger partial charge in [0.1, 0.15) is 12.4 Å². The van der Waals surface area contributed by atoms with Gasteiger partial charge in [0.25, 0.3) is 0 Å². The molecule has 0 bridgehead atoms. The zero-order valence-electron chi connectivity index (χ0n) is 13.0. The predicted octanol–water partition coefficient (Wildman–Crippen LogP) is 4.88. The highest BCUT2D eigenvalue weighted by Crippen LogP contribution is 2.31. The SMILES string of the molecule is CC(C)C[C@H](N)COc1ccccc1Oc1ccc(Cl)cc1. The Bertz CT molecular complexity index is 584. The number of nitrogens with two attached hydrogens (primary N) is 1. The lowest BCUT2D eigenvalue weighted by atomic mass is 10.1. The summed E-state index contributed by atoms with van der Waals surface area (Å²) in [5.74, 6) is 2.63. The monoisotopic (exact) mass is 319 g/mol. The third kappa shape index (κ3) is 5.24. The van der Waals surface area contributed by atoms with E-state index in [0.29, 0.717) is 34.8 Å². The molecule has 22 heavy (non-hydrogen) atoms. The first-order chi connectivity index (χ1) is 10.5. The number of halogens is 1. The van der Waals surface area contributed by atoms with Crippen molar-refractivity contribution in [1.29, 1.82) is 0 Å². The van der Waals surface area contributed by atoms with Gasteiger partial charge in [-0.15, -0.1) is 0 Å². The summed E-state index contributed by atoms with van der Waals surface area (Å²) in [7, 11) is 0. The fourth-order valence-electron chi connectivity index (χ4n) is 2.15. The second-order valence-corrected chi connectivity index (χ2v) is 6.14. The van der Waals surface area contributed by atoms with Crippen LogP contribution >= 0.6 is 11.6 Å². The molecule has 2 rings (SSSR count). The number of hydrogen-bond acceptors (Lipinski definition) is 3. The highest BCUT2D eigenvalue weighted by Gasteiger charge is 2.10. The Morgan fingerprint density at radius 1 is 1.00 bits per heavy atom. The van der Waals surface area contributed by atoms with Crippen LogP contribution in [0.4, 0.5) is 0 Å². The van der Waals surface area contributed by atoms with E-state index in [2.05, 4.69) is 13.8 Å². The third-order valence-corrected chi connectivity index (χ3v) is 3.37. The Labute approximate surface area is 137 Å². The summed E-state index contributed by atoms with van der Waals surface area (Å²) in [5.41, 5.74) is 6.06. The first kappa shape index (κ1) is 16.7. The molecule has 0 unspecified atom stereocenters. The van der Waals surface area contributed by atoms with Gasteiger partial charge in [-0.05, 0) is 48.7 Å². The van der Waals surface area contributed by atoms with Crippen LogP contribution in [0, 0.1) is 5.92 Å². The van der Waals surface area contributed by atoms with Crippen LogP contribution in [0.5, 0.6) is 17.2 Å². The Balaban J connectivity index is 2.02. The molecule has 0 amide bonds. The molecule has 0 aromatic heterocycles. The average Bonchev–Trinajstić information content (AvgIpc) is 2.48. The lowest BCUT2D eigenvalue weighted by molar-refractivity contribution is 0.262. The van der Waals surface area contributed by atoms with Crippen LogP contribution in [0.1, 0.15) is 20.3 Å². The smallest absolute Gasteiger partial charge is 0.169 e. The second-order valence-electron chi connectivity index (χ2n) is 5.70. The van der Waals surface area contributed by atoms with E-state index in [4.69, 9.17) is 26.8 Å². The molecule has 0 saturated heterocycles. The molecule has 1 atom stereocenters. The molecule has 0 saturated carbocycles. The Morgan fingerprint density at radius 3 is 2.27 bits per heavy atom. The molecule has 0 spiro atoms. The summed E-state index contributed by atoms with van der Waals surface area (Å²) in [6.45, 7) is 4.77. The highest BCUT2D eigenvalue weighted by molar-refractivity contribution is 6.30. The van der Waals surface area contributed by atoms with Gasteiger partial charge in [0, 0.05) is 11.1 Å². The van der Waals surface area contributed by atoms with E-state index in [-0.39, 0.29) is 6.04 Å². The van der Waals surface area contributed by atoms with Crippen molar-refractivity contribution in [2.75, 3.05) is 6.61 Å². The van der Waals surface area contributed by atoms with Crippen molar-refractivity contribution in [2.45, 2.75) is 26.3 Å². The van der Waals surface area contributed by atoms with E-state index < -0.39 is 0 Å². The van der Waals surface area contributed by atoms with E-state index in [9.17, 15) is 0 Å². The number of ether oxygens (including phenoxy) is 2. The fourth-order valence-corrected chi connectivity index (χ4v) is 2.28. The van der Waals surface area contributed by atoms with Crippen LogP contribution in [0.15, 0.2) is 48.5 Å². The fraction of sp³-hybridized carbons (Fsp3) is 0.333. The Hall–Kier alpha value is -1.71. The van der Waals surface area contributed by atoms with Gasteiger partial charge in [-0.2, -0.15) is 0 Å². The molecule has 2 aromatic carbocycles. The summed E-state index contributed by atoms with van der Waals surface area (Å²) in [6, 6.07) is 14.8. The zero-order valence-corrected chi connectivity index (χ0v) is 13.7. The Morgan fingerprint density at radius 2 is 1.64 bits per heavy atom. The maximum atomic E-state index is 6.06. The first-order valence-electron chi connectivity index (χ1n) is 7.45. The molecule has 0 radical (unpaired) electrons. The topological polar surface area (TPSA) is 44.5 Å². The zero-order chi connectivity index (χ0) is 15.9. The summed E-state index contributed by atoms with van der Waals surface area (Å²) in [6.07, 6.45) is 0.931. The second kappa shape index (κ2) is 8.06. The van der Waals surface area contributed by atoms with Gasteiger partial charge in [-0.25, -0.2) is 0 Å². The van der Waals surface area contributed by atoms with Crippen LogP contribution < -0.4 is 15.2 Å². The van der Waals surface area contributed by atoms with Crippen LogP contribution in [0.3, 0.4) is 0 Å². The largest absolute Gasteiger partial charge is 0.488 e. The molecule has 3 nitrogen and oxygen atoms in total. The van der Waals surface area contributed by atoms with E-state index in [1.807, 2.05) is 36.4 Å². The molecule has 0 aliphatic heterocycles. The van der Waals surface area contributed by atoms with Crippen molar-refractivity contribution < 1.29 is 9.47 Å². The lowest BCUT2D eigenvalue weighted by Crippen LogP contribution is -2.29. The number of para-hydroxylation sites is 2. The van der Waals surface area contributed by atoms with Crippen molar-refractivity contribution in [3.8, 4) is 17.2 Å². The maximum Gasteiger partial charge on any atom is 0.169 e. The standard InChI is InChI=1S/C18H22ClNO2/c1-13(2)11-15(20)12-21-17-5-3-4-6-18(17)22-16-9-7-14(19)8-10-16/h3-10,13,15H,11-12,20H2,1-2H3/t15-/m0/s1. The molecule has 0 heterocycles. The van der Waals surface area contributed by atoms with E-state index in [1.54, 1.807) is 12.1 Å². The van der Waals surface area contributed by atoms with Gasteiger partial charge in [-0.1, -0.05) is 37.6 Å². The minimum absolute atomic E-state index is 0.0172. The van der Waals surface area contributed by atoms with Crippen molar-refractivity contribution in [3.05, 3.63) is 53.6 Å². The van der Waals surface area contributed by atoms with Gasteiger partial charge in [0.05, 0.1) is 0 Å². The van der Waals surface area contributed by atoms with Crippen molar-refractivity contribution >= 4 is 11.6 Å². The van der Waals surface area contributed by atoms with Crippen molar-refractivity contribution in [1.82, 2.24) is 0 Å². The normalized spacial score (nSPS) is 12.2. The summed E-state index contributed by atoms with van der Waals surface area (Å²) in [5, 5.41) is 0.677. The summed E-state index contributed by atoms with van der Waals surface area (Å²) in [4.78, 5) is 0. The molecule has 2 N–H and O–H groups in total. The van der Waals surface area contributed by atoms with Gasteiger partial charge in [0.2, 0.25) is 0 Å². The number of benzene rings is 2. The number of rotatable bonds is 7. The first-order valence-corrected chi connectivity index (χ1v) is 7.83. The van der Waals surface area contributed by atoms with E-state index in [0.717, 1.165) is 6.42 Å². The van der Waals surface area contributed by atoms with Crippen LogP contribution in [-0.4, -0.2) is 12.6 Å². The summed E-state index contributed by atoms with van der Waals surface area (Å²) < 4.78 is 11.7. The summed E-state index contributed by atoms with van der Waals surface area (Å²) >= 11 is 5.88. The molecule has 0 aliphatic carbocycles. The molecule has 2 aromatic rings. The van der Waals surface area contributed by atoms with Crippen LogP contribution in [0.25, 0.3) is 0 Å². The number of hydrogen-bond donors (Lipinski definition) is 1. The average molecular weight is 320 g/mol. The lowest BCUT2D eigenvalue weighted by Gasteiger charge is -2.17. The maximum absolute atomic E-state index is 6.06. The van der Waals surface area contributed by atoms with Gasteiger partial charge >= 0.3 is 0 Å². The minimum Gasteiger partial charge on any atom is -0.488 e. The van der Waals surface area contributed by atoms with Gasteiger partial charge in [0.15, 0.2) is 11.5 Å². The van der Waals surface area contributed by atoms with Crippen LogP contribution in [0.2, 0.25) is 5.02 Å². The van der Waals surface area contributed by atoms with Crippen molar-refractivity contribution in [2.24, 2.45) is 11.7 Å².